The van der Waals surface area contributed by atoms with E-state index in [0.29, 0.717) is 4.57 Å². The Labute approximate surface area is 88.5 Å². The molecule has 0 aliphatic rings. The largest absolute Gasteiger partial charge is 0.406 e. The van der Waals surface area contributed by atoms with Gasteiger partial charge in [0.05, 0.1) is 0 Å². The number of hydrogen-bond donors (Lipinski definition) is 0. The van der Waals surface area contributed by atoms with Crippen LogP contribution in [0.4, 0.5) is 13.2 Å². The summed E-state index contributed by atoms with van der Waals surface area (Å²) < 4.78 is 36.9. The molecule has 0 bridgehead atoms. The minimum Gasteiger partial charge on any atom is -0.287 e. The zero-order valence-corrected chi connectivity index (χ0v) is 8.56. The van der Waals surface area contributed by atoms with E-state index in [2.05, 4.69) is 4.98 Å². The first-order valence-corrected chi connectivity index (χ1v) is 4.54. The van der Waals surface area contributed by atoms with Gasteiger partial charge in [0.2, 0.25) is 0 Å². The fourth-order valence-corrected chi connectivity index (χ4v) is 1.33. The molecular weight excluding hydrogens is 233 g/mol. The van der Waals surface area contributed by atoms with Crippen molar-refractivity contribution >= 4 is 11.6 Å². The molecule has 0 aliphatic carbocycles. The van der Waals surface area contributed by atoms with Crippen molar-refractivity contribution < 1.29 is 13.2 Å². The maximum atomic E-state index is 12.1. The fourth-order valence-electron chi connectivity index (χ4n) is 1.14. The summed E-state index contributed by atoms with van der Waals surface area (Å²) in [6.45, 7) is 0.268. The number of nitrogens with zero attached hydrogens (tertiary/aromatic N) is 2. The highest BCUT2D eigenvalue weighted by Gasteiger charge is 2.29. The second kappa shape index (κ2) is 4.22. The van der Waals surface area contributed by atoms with Gasteiger partial charge >= 0.3 is 6.18 Å². The number of aryl methyl sites for hydroxylation is 1. The monoisotopic (exact) mass is 240 g/mol. The standard InChI is InChI=1S/C8H8ClF3N2O/c1-2-6-13-5(9)3-7(15)14(6)4-8(10,11)12/h3H,2,4H2,1H3. The molecule has 0 saturated carbocycles. The molecule has 0 unspecified atom stereocenters. The molecular formula is C8H8ClF3N2O. The minimum absolute atomic E-state index is 0.0322. The molecule has 0 amide bonds. The molecule has 0 saturated heterocycles. The molecule has 84 valence electrons. The average Bonchev–Trinajstić information content (AvgIpc) is 2.07. The van der Waals surface area contributed by atoms with Crippen LogP contribution in [-0.4, -0.2) is 15.7 Å². The third kappa shape index (κ3) is 3.23. The van der Waals surface area contributed by atoms with Crippen LogP contribution in [0.3, 0.4) is 0 Å². The van der Waals surface area contributed by atoms with Gasteiger partial charge in [-0.3, -0.25) is 9.36 Å². The van der Waals surface area contributed by atoms with Gasteiger partial charge in [0.25, 0.3) is 5.56 Å². The molecule has 1 aromatic rings. The lowest BCUT2D eigenvalue weighted by atomic mass is 10.4. The summed E-state index contributed by atoms with van der Waals surface area (Å²) >= 11 is 5.47. The summed E-state index contributed by atoms with van der Waals surface area (Å²) in [5, 5.41) is -0.0877. The molecule has 15 heavy (non-hydrogen) atoms. The minimum atomic E-state index is -4.44. The van der Waals surface area contributed by atoms with E-state index in [9.17, 15) is 18.0 Å². The molecule has 0 aromatic carbocycles. The van der Waals surface area contributed by atoms with Crippen LogP contribution in [0.15, 0.2) is 10.9 Å². The van der Waals surface area contributed by atoms with Gasteiger partial charge in [-0.05, 0) is 0 Å². The molecule has 0 radical (unpaired) electrons. The van der Waals surface area contributed by atoms with Gasteiger partial charge in [-0.2, -0.15) is 13.2 Å². The Kier molecular flexibility index (Phi) is 3.38. The Bertz CT molecular complexity index is 413. The number of halogens is 4. The van der Waals surface area contributed by atoms with Crippen molar-refractivity contribution in [2.75, 3.05) is 0 Å². The lowest BCUT2D eigenvalue weighted by molar-refractivity contribution is -0.141. The van der Waals surface area contributed by atoms with E-state index in [-0.39, 0.29) is 17.4 Å². The topological polar surface area (TPSA) is 34.9 Å². The molecule has 0 atom stereocenters. The van der Waals surface area contributed by atoms with Gasteiger partial charge in [-0.1, -0.05) is 18.5 Å². The van der Waals surface area contributed by atoms with Crippen molar-refractivity contribution in [3.8, 4) is 0 Å². The maximum absolute atomic E-state index is 12.1. The Hall–Kier alpha value is -1.04. The van der Waals surface area contributed by atoms with Crippen molar-refractivity contribution in [3.05, 3.63) is 27.4 Å². The molecule has 1 heterocycles. The molecule has 7 heteroatoms. The van der Waals surface area contributed by atoms with Crippen LogP contribution < -0.4 is 5.56 Å². The first kappa shape index (κ1) is 12.0. The number of aromatic nitrogens is 2. The summed E-state index contributed by atoms with van der Waals surface area (Å²) in [5.74, 6) is 0.0322. The van der Waals surface area contributed by atoms with E-state index in [1.54, 1.807) is 6.92 Å². The van der Waals surface area contributed by atoms with Crippen molar-refractivity contribution in [2.45, 2.75) is 26.1 Å². The van der Waals surface area contributed by atoms with Crippen molar-refractivity contribution in [1.82, 2.24) is 9.55 Å². The lowest BCUT2D eigenvalue weighted by Gasteiger charge is -2.12. The predicted molar refractivity (Wildman–Crippen MR) is 48.9 cm³/mol. The predicted octanol–water partition coefficient (Wildman–Crippen LogP) is 2.02. The summed E-state index contributed by atoms with van der Waals surface area (Å²) in [6, 6.07) is 0.868. The van der Waals surface area contributed by atoms with Crippen LogP contribution in [0.25, 0.3) is 0 Å². The first-order chi connectivity index (χ1) is 6.83. The molecule has 1 rings (SSSR count). The summed E-state index contributed by atoms with van der Waals surface area (Å²) in [5.41, 5.74) is -0.788. The molecule has 1 aromatic heterocycles. The van der Waals surface area contributed by atoms with E-state index < -0.39 is 18.3 Å². The smallest absolute Gasteiger partial charge is 0.287 e. The van der Waals surface area contributed by atoms with E-state index >= 15 is 0 Å². The second-order valence-corrected chi connectivity index (χ2v) is 3.28. The highest BCUT2D eigenvalue weighted by Crippen LogP contribution is 2.17. The van der Waals surface area contributed by atoms with Crippen LogP contribution in [0.5, 0.6) is 0 Å². The van der Waals surface area contributed by atoms with Gasteiger partial charge in [-0.25, -0.2) is 4.98 Å². The van der Waals surface area contributed by atoms with Crippen LogP contribution in [0.2, 0.25) is 5.15 Å². The third-order valence-electron chi connectivity index (χ3n) is 1.71. The van der Waals surface area contributed by atoms with Gasteiger partial charge in [-0.15, -0.1) is 0 Å². The molecule has 0 N–H and O–H groups in total. The number of rotatable bonds is 2. The summed E-state index contributed by atoms with van der Waals surface area (Å²) in [7, 11) is 0. The van der Waals surface area contributed by atoms with Gasteiger partial charge in [0.15, 0.2) is 0 Å². The zero-order valence-electron chi connectivity index (χ0n) is 7.81. The molecule has 0 fully saturated rings. The van der Waals surface area contributed by atoms with E-state index in [1.807, 2.05) is 0 Å². The van der Waals surface area contributed by atoms with E-state index in [4.69, 9.17) is 11.6 Å². The molecule has 0 aliphatic heterocycles. The summed E-state index contributed by atoms with van der Waals surface area (Å²) in [4.78, 5) is 14.9. The third-order valence-corrected chi connectivity index (χ3v) is 1.90. The van der Waals surface area contributed by atoms with E-state index in [1.165, 1.54) is 0 Å². The van der Waals surface area contributed by atoms with Crippen LogP contribution in [0, 0.1) is 0 Å². The Morgan fingerprint density at radius 3 is 2.60 bits per heavy atom. The highest BCUT2D eigenvalue weighted by atomic mass is 35.5. The van der Waals surface area contributed by atoms with Crippen molar-refractivity contribution in [2.24, 2.45) is 0 Å². The second-order valence-electron chi connectivity index (χ2n) is 2.89. The number of hydrogen-bond acceptors (Lipinski definition) is 2. The van der Waals surface area contributed by atoms with Crippen molar-refractivity contribution in [3.63, 3.8) is 0 Å². The molecule has 0 spiro atoms. The molecule has 3 nitrogen and oxygen atoms in total. The quantitative estimate of drug-likeness (QED) is 0.742. The Morgan fingerprint density at radius 2 is 2.13 bits per heavy atom. The summed E-state index contributed by atoms with van der Waals surface area (Å²) in [6.07, 6.45) is -4.23. The SMILES string of the molecule is CCc1nc(Cl)cc(=O)n1CC(F)(F)F. The zero-order chi connectivity index (χ0) is 11.6. The Morgan fingerprint density at radius 1 is 1.53 bits per heavy atom. The highest BCUT2D eigenvalue weighted by molar-refractivity contribution is 6.29. The maximum Gasteiger partial charge on any atom is 0.406 e. The lowest BCUT2D eigenvalue weighted by Crippen LogP contribution is -2.31. The Balaban J connectivity index is 3.22. The first-order valence-electron chi connectivity index (χ1n) is 4.16. The van der Waals surface area contributed by atoms with Crippen LogP contribution >= 0.6 is 11.6 Å². The van der Waals surface area contributed by atoms with Gasteiger partial charge in [0, 0.05) is 12.5 Å². The van der Waals surface area contributed by atoms with Gasteiger partial charge in [0.1, 0.15) is 17.5 Å². The van der Waals surface area contributed by atoms with Gasteiger partial charge < -0.3 is 0 Å². The van der Waals surface area contributed by atoms with E-state index in [0.717, 1.165) is 6.07 Å². The average molecular weight is 241 g/mol. The fraction of sp³-hybridized carbons (Fsp3) is 0.500. The number of alkyl halides is 3. The van der Waals surface area contributed by atoms with Crippen LogP contribution in [0.1, 0.15) is 12.7 Å². The normalized spacial score (nSPS) is 11.8. The van der Waals surface area contributed by atoms with Crippen molar-refractivity contribution in [1.29, 1.82) is 0 Å². The van der Waals surface area contributed by atoms with Crippen LogP contribution in [-0.2, 0) is 13.0 Å².